The average Bonchev–Trinajstić information content (AvgIpc) is 3.13. The molecule has 0 spiro atoms. The minimum absolute atomic E-state index is 0. The van der Waals surface area contributed by atoms with E-state index in [1.165, 1.54) is 10.9 Å². The highest BCUT2D eigenvalue weighted by molar-refractivity contribution is 14.0. The molecule has 1 fully saturated rings. The lowest BCUT2D eigenvalue weighted by molar-refractivity contribution is 0.0794. The average molecular weight is 516 g/mol. The minimum Gasteiger partial charge on any atom is -0.381 e. The van der Waals surface area contributed by atoms with Crippen molar-refractivity contribution in [1.29, 1.82) is 0 Å². The molecule has 0 bridgehead atoms. The third kappa shape index (κ3) is 6.29. The van der Waals surface area contributed by atoms with Gasteiger partial charge in [-0.05, 0) is 50.0 Å². The van der Waals surface area contributed by atoms with Crippen LogP contribution in [0.4, 0.5) is 0 Å². The third-order valence-electron chi connectivity index (χ3n) is 5.26. The highest BCUT2D eigenvalue weighted by Gasteiger charge is 2.31. The first-order chi connectivity index (χ1) is 13.3. The van der Waals surface area contributed by atoms with Gasteiger partial charge in [-0.25, -0.2) is 0 Å². The Balaban J connectivity index is 0.00000280. The van der Waals surface area contributed by atoms with Crippen LogP contribution in [0.15, 0.2) is 41.5 Å². The number of hydrogen-bond donors (Lipinski definition) is 2. The standard InChI is InChI=1S/C21H32N4OS.HI/c1-3-22-20(24-17-21(27-2)10-15-26-16-11-21)23-12-6-13-25-14-9-18-7-4-5-8-19(18)25;/h4-5,7-9,14H,3,6,10-13,15-17H2,1-2H3,(H2,22,23,24);1H. The molecule has 7 heteroatoms. The second-order valence-corrected chi connectivity index (χ2v) is 8.32. The van der Waals surface area contributed by atoms with Crippen molar-refractivity contribution in [1.82, 2.24) is 15.2 Å². The van der Waals surface area contributed by atoms with Gasteiger partial charge in [0.25, 0.3) is 0 Å². The van der Waals surface area contributed by atoms with Gasteiger partial charge in [-0.1, -0.05) is 18.2 Å². The molecular formula is C21H33IN4OS. The summed E-state index contributed by atoms with van der Waals surface area (Å²) in [7, 11) is 0. The fraction of sp³-hybridized carbons (Fsp3) is 0.571. The van der Waals surface area contributed by atoms with E-state index in [9.17, 15) is 0 Å². The monoisotopic (exact) mass is 516 g/mol. The Morgan fingerprint density at radius 3 is 2.75 bits per heavy atom. The zero-order valence-electron chi connectivity index (χ0n) is 16.9. The Kier molecular flexibility index (Phi) is 9.94. The Labute approximate surface area is 190 Å². The van der Waals surface area contributed by atoms with Crippen molar-refractivity contribution in [2.75, 3.05) is 39.1 Å². The van der Waals surface area contributed by atoms with Crippen LogP contribution >= 0.6 is 35.7 Å². The number of para-hydroxylation sites is 1. The largest absolute Gasteiger partial charge is 0.381 e. The molecule has 5 nitrogen and oxygen atoms in total. The molecule has 2 aromatic rings. The van der Waals surface area contributed by atoms with Crippen LogP contribution < -0.4 is 10.6 Å². The molecule has 1 aromatic heterocycles. The van der Waals surface area contributed by atoms with Crippen LogP contribution in [-0.4, -0.2) is 54.4 Å². The van der Waals surface area contributed by atoms with Crippen molar-refractivity contribution < 1.29 is 4.74 Å². The molecule has 156 valence electrons. The van der Waals surface area contributed by atoms with Crippen molar-refractivity contribution in [2.24, 2.45) is 4.99 Å². The predicted molar refractivity (Wildman–Crippen MR) is 132 cm³/mol. The van der Waals surface area contributed by atoms with E-state index < -0.39 is 0 Å². The Bertz CT molecular complexity index is 743. The SMILES string of the molecule is CCNC(=NCC1(SC)CCOCC1)NCCCn1ccc2ccccc21.I. The molecule has 0 radical (unpaired) electrons. The number of benzene rings is 1. The number of hydrogen-bond acceptors (Lipinski definition) is 3. The molecule has 28 heavy (non-hydrogen) atoms. The number of ether oxygens (including phenoxy) is 1. The molecule has 1 saturated heterocycles. The van der Waals surface area contributed by atoms with E-state index in [1.807, 2.05) is 11.8 Å². The third-order valence-corrected chi connectivity index (χ3v) is 6.66. The minimum atomic E-state index is 0. The summed E-state index contributed by atoms with van der Waals surface area (Å²) in [5.41, 5.74) is 1.31. The molecule has 2 N–H and O–H groups in total. The smallest absolute Gasteiger partial charge is 0.191 e. The summed E-state index contributed by atoms with van der Waals surface area (Å²) in [6.07, 6.45) is 7.60. The van der Waals surface area contributed by atoms with Gasteiger partial charge in [-0.15, -0.1) is 24.0 Å². The molecule has 0 saturated carbocycles. The van der Waals surface area contributed by atoms with Crippen molar-refractivity contribution in [2.45, 2.75) is 37.5 Å². The normalized spacial score (nSPS) is 16.6. The number of aliphatic imine (C=N–C) groups is 1. The predicted octanol–water partition coefficient (Wildman–Crippen LogP) is 4.12. The lowest BCUT2D eigenvalue weighted by Crippen LogP contribution is -2.41. The molecular weight excluding hydrogens is 483 g/mol. The number of nitrogens with one attached hydrogen (secondary N) is 2. The number of aryl methyl sites for hydroxylation is 1. The van der Waals surface area contributed by atoms with Gasteiger partial charge in [-0.3, -0.25) is 4.99 Å². The highest BCUT2D eigenvalue weighted by Crippen LogP contribution is 2.33. The second-order valence-electron chi connectivity index (χ2n) is 7.04. The van der Waals surface area contributed by atoms with Crippen molar-refractivity contribution in [3.05, 3.63) is 36.5 Å². The summed E-state index contributed by atoms with van der Waals surface area (Å²) in [5.74, 6) is 0.926. The highest BCUT2D eigenvalue weighted by atomic mass is 127. The van der Waals surface area contributed by atoms with Gasteiger partial charge in [0.2, 0.25) is 0 Å². The van der Waals surface area contributed by atoms with Crippen LogP contribution in [0.1, 0.15) is 26.2 Å². The van der Waals surface area contributed by atoms with Gasteiger partial charge < -0.3 is 19.9 Å². The maximum Gasteiger partial charge on any atom is 0.191 e. The number of thioether (sulfide) groups is 1. The summed E-state index contributed by atoms with van der Waals surface area (Å²) < 4.78 is 8.08. The summed E-state index contributed by atoms with van der Waals surface area (Å²) in [4.78, 5) is 4.88. The molecule has 1 aliphatic rings. The molecule has 1 aromatic carbocycles. The zero-order valence-corrected chi connectivity index (χ0v) is 20.1. The summed E-state index contributed by atoms with van der Waals surface area (Å²) in [6.45, 7) is 7.45. The molecule has 0 aliphatic carbocycles. The second kappa shape index (κ2) is 11.9. The number of guanidine groups is 1. The van der Waals surface area contributed by atoms with Gasteiger partial charge in [-0.2, -0.15) is 11.8 Å². The van der Waals surface area contributed by atoms with Crippen LogP contribution in [-0.2, 0) is 11.3 Å². The van der Waals surface area contributed by atoms with Crippen LogP contribution in [0.25, 0.3) is 10.9 Å². The van der Waals surface area contributed by atoms with E-state index in [2.05, 4.69) is 64.9 Å². The van der Waals surface area contributed by atoms with Gasteiger partial charge in [0.15, 0.2) is 5.96 Å². The van der Waals surface area contributed by atoms with Gasteiger partial charge >= 0.3 is 0 Å². The Morgan fingerprint density at radius 2 is 2.00 bits per heavy atom. The van der Waals surface area contributed by atoms with Crippen LogP contribution in [0.3, 0.4) is 0 Å². The number of aromatic nitrogens is 1. The number of rotatable bonds is 8. The first kappa shape index (κ1) is 23.3. The van der Waals surface area contributed by atoms with Crippen molar-refractivity contribution >= 4 is 52.6 Å². The van der Waals surface area contributed by atoms with Gasteiger partial charge in [0, 0.05) is 49.3 Å². The zero-order chi connectivity index (χ0) is 19.0. The van der Waals surface area contributed by atoms with E-state index in [4.69, 9.17) is 9.73 Å². The molecule has 0 unspecified atom stereocenters. The first-order valence-corrected chi connectivity index (χ1v) is 11.2. The van der Waals surface area contributed by atoms with Crippen LogP contribution in [0.2, 0.25) is 0 Å². The lowest BCUT2D eigenvalue weighted by Gasteiger charge is -2.34. The van der Waals surface area contributed by atoms with E-state index >= 15 is 0 Å². The lowest BCUT2D eigenvalue weighted by atomic mass is 9.99. The Hall–Kier alpha value is -0.930. The summed E-state index contributed by atoms with van der Waals surface area (Å²) in [5, 5.41) is 8.18. The number of nitrogens with zero attached hydrogens (tertiary/aromatic N) is 2. The van der Waals surface area contributed by atoms with Crippen molar-refractivity contribution in [3.8, 4) is 0 Å². The molecule has 3 rings (SSSR count). The van der Waals surface area contributed by atoms with Crippen molar-refractivity contribution in [3.63, 3.8) is 0 Å². The fourth-order valence-corrected chi connectivity index (χ4v) is 4.30. The van der Waals surface area contributed by atoms with E-state index in [0.717, 1.165) is 64.6 Å². The van der Waals surface area contributed by atoms with E-state index in [-0.39, 0.29) is 28.7 Å². The van der Waals surface area contributed by atoms with E-state index in [1.54, 1.807) is 0 Å². The summed E-state index contributed by atoms with van der Waals surface area (Å²) >= 11 is 1.94. The van der Waals surface area contributed by atoms with Gasteiger partial charge in [0.05, 0.1) is 6.54 Å². The van der Waals surface area contributed by atoms with Gasteiger partial charge in [0.1, 0.15) is 0 Å². The maximum atomic E-state index is 5.53. The summed E-state index contributed by atoms with van der Waals surface area (Å²) in [6, 6.07) is 10.7. The quantitative estimate of drug-likeness (QED) is 0.240. The Morgan fingerprint density at radius 1 is 1.21 bits per heavy atom. The first-order valence-electron chi connectivity index (χ1n) is 9.95. The molecule has 0 amide bonds. The topological polar surface area (TPSA) is 50.6 Å². The number of halogens is 1. The maximum absolute atomic E-state index is 5.53. The van der Waals surface area contributed by atoms with E-state index in [0.29, 0.717) is 0 Å². The molecule has 2 heterocycles. The molecule has 1 aliphatic heterocycles. The fourth-order valence-electron chi connectivity index (χ4n) is 3.53. The number of fused-ring (bicyclic) bond motifs is 1. The van der Waals surface area contributed by atoms with Crippen LogP contribution in [0.5, 0.6) is 0 Å². The van der Waals surface area contributed by atoms with Crippen LogP contribution in [0, 0.1) is 0 Å². The molecule has 0 atom stereocenters.